The number of carbonyl (C=O) groups excluding carboxylic acids is 2. The fraction of sp³-hybridized carbons (Fsp3) is 0.286. The number of carbonyl (C=O) groups is 2. The van der Waals surface area contributed by atoms with E-state index >= 15 is 0 Å². The summed E-state index contributed by atoms with van der Waals surface area (Å²) in [5, 5.41) is 12.0. The number of rotatable bonds is 3. The standard InChI is InChI=1S/C14H16N4O2S/c1-14(2,3)12-17-18-13(21-12)16-11(20)9-6-4-8(5-7-9)10(15)19/h4-7H,1-3H3,(H2,15,19)(H,16,18,20). The predicted octanol–water partition coefficient (Wildman–Crippen LogP) is 2.19. The molecule has 2 rings (SSSR count). The zero-order valence-corrected chi connectivity index (χ0v) is 12.8. The molecule has 0 bridgehead atoms. The van der Waals surface area contributed by atoms with E-state index in [-0.39, 0.29) is 11.3 Å². The molecular formula is C14H16N4O2S. The van der Waals surface area contributed by atoms with E-state index in [9.17, 15) is 9.59 Å². The molecule has 0 saturated carbocycles. The number of nitrogens with zero attached hydrogens (tertiary/aromatic N) is 2. The topological polar surface area (TPSA) is 98.0 Å². The van der Waals surface area contributed by atoms with E-state index < -0.39 is 5.91 Å². The van der Waals surface area contributed by atoms with Crippen molar-refractivity contribution >= 4 is 28.3 Å². The van der Waals surface area contributed by atoms with Gasteiger partial charge in [0.2, 0.25) is 11.0 Å². The van der Waals surface area contributed by atoms with Gasteiger partial charge in [-0.15, -0.1) is 10.2 Å². The molecule has 2 aromatic rings. The first-order valence-electron chi connectivity index (χ1n) is 6.32. The molecule has 6 nitrogen and oxygen atoms in total. The van der Waals surface area contributed by atoms with Gasteiger partial charge in [-0.3, -0.25) is 14.9 Å². The van der Waals surface area contributed by atoms with Crippen LogP contribution in [-0.4, -0.2) is 22.0 Å². The molecular weight excluding hydrogens is 288 g/mol. The van der Waals surface area contributed by atoms with Crippen LogP contribution in [-0.2, 0) is 5.41 Å². The molecule has 0 atom stereocenters. The maximum Gasteiger partial charge on any atom is 0.257 e. The third kappa shape index (κ3) is 3.63. The van der Waals surface area contributed by atoms with E-state index in [2.05, 4.69) is 15.5 Å². The second kappa shape index (κ2) is 5.61. The molecule has 1 aromatic heterocycles. The largest absolute Gasteiger partial charge is 0.366 e. The maximum absolute atomic E-state index is 12.1. The average Bonchev–Trinajstić information content (AvgIpc) is 2.87. The molecule has 0 aliphatic heterocycles. The first kappa shape index (κ1) is 15.1. The van der Waals surface area contributed by atoms with Crippen molar-refractivity contribution in [3.05, 3.63) is 40.4 Å². The van der Waals surface area contributed by atoms with Crippen LogP contribution in [0.4, 0.5) is 5.13 Å². The van der Waals surface area contributed by atoms with Crippen LogP contribution in [0.25, 0.3) is 0 Å². The Morgan fingerprint density at radius 3 is 2.14 bits per heavy atom. The Hall–Kier alpha value is -2.28. The molecule has 21 heavy (non-hydrogen) atoms. The van der Waals surface area contributed by atoms with Gasteiger partial charge in [0.1, 0.15) is 5.01 Å². The van der Waals surface area contributed by atoms with Crippen LogP contribution in [0.15, 0.2) is 24.3 Å². The summed E-state index contributed by atoms with van der Waals surface area (Å²) in [6.45, 7) is 6.09. The van der Waals surface area contributed by atoms with Crippen molar-refractivity contribution in [2.24, 2.45) is 5.73 Å². The van der Waals surface area contributed by atoms with Crippen LogP contribution < -0.4 is 11.1 Å². The summed E-state index contributed by atoms with van der Waals surface area (Å²) >= 11 is 1.34. The van der Waals surface area contributed by atoms with Crippen molar-refractivity contribution < 1.29 is 9.59 Å². The lowest BCUT2D eigenvalue weighted by molar-refractivity contribution is 0.0995. The Balaban J connectivity index is 2.11. The second-order valence-electron chi connectivity index (χ2n) is 5.56. The monoisotopic (exact) mass is 304 g/mol. The van der Waals surface area contributed by atoms with E-state index in [1.165, 1.54) is 23.5 Å². The number of hydrogen-bond donors (Lipinski definition) is 2. The molecule has 0 aliphatic rings. The van der Waals surface area contributed by atoms with Crippen LogP contribution in [0.3, 0.4) is 0 Å². The van der Waals surface area contributed by atoms with Gasteiger partial charge in [-0.1, -0.05) is 32.1 Å². The second-order valence-corrected chi connectivity index (χ2v) is 6.54. The van der Waals surface area contributed by atoms with E-state index in [1.807, 2.05) is 20.8 Å². The minimum atomic E-state index is -0.527. The lowest BCUT2D eigenvalue weighted by atomic mass is 9.98. The normalized spacial score (nSPS) is 11.2. The minimum absolute atomic E-state index is 0.107. The number of amides is 2. The zero-order valence-electron chi connectivity index (χ0n) is 12.0. The zero-order chi connectivity index (χ0) is 15.6. The smallest absolute Gasteiger partial charge is 0.257 e. The summed E-state index contributed by atoms with van der Waals surface area (Å²) < 4.78 is 0. The summed E-state index contributed by atoms with van der Waals surface area (Å²) in [6, 6.07) is 6.11. The molecule has 1 heterocycles. The molecule has 0 unspecified atom stereocenters. The van der Waals surface area contributed by atoms with Gasteiger partial charge in [0.15, 0.2) is 0 Å². The van der Waals surface area contributed by atoms with Crippen molar-refractivity contribution in [2.45, 2.75) is 26.2 Å². The van der Waals surface area contributed by atoms with Crippen molar-refractivity contribution in [3.8, 4) is 0 Å². The number of primary amides is 1. The quantitative estimate of drug-likeness (QED) is 0.908. The summed E-state index contributed by atoms with van der Waals surface area (Å²) in [7, 11) is 0. The van der Waals surface area contributed by atoms with Crippen molar-refractivity contribution in [2.75, 3.05) is 5.32 Å². The summed E-state index contributed by atoms with van der Waals surface area (Å²) in [5.41, 5.74) is 5.83. The highest BCUT2D eigenvalue weighted by Gasteiger charge is 2.20. The van der Waals surface area contributed by atoms with Crippen LogP contribution >= 0.6 is 11.3 Å². The van der Waals surface area contributed by atoms with Crippen molar-refractivity contribution in [3.63, 3.8) is 0 Å². The molecule has 0 aliphatic carbocycles. The van der Waals surface area contributed by atoms with Crippen LogP contribution in [0.1, 0.15) is 46.5 Å². The molecule has 110 valence electrons. The van der Waals surface area contributed by atoms with E-state index in [4.69, 9.17) is 5.73 Å². The molecule has 3 N–H and O–H groups in total. The van der Waals surface area contributed by atoms with Gasteiger partial charge in [0.25, 0.3) is 5.91 Å². The highest BCUT2D eigenvalue weighted by molar-refractivity contribution is 7.15. The van der Waals surface area contributed by atoms with Gasteiger partial charge in [-0.25, -0.2) is 0 Å². The number of benzene rings is 1. The summed E-state index contributed by atoms with van der Waals surface area (Å²) in [4.78, 5) is 23.0. The SMILES string of the molecule is CC(C)(C)c1nnc(NC(=O)c2ccc(C(N)=O)cc2)s1. The molecule has 0 radical (unpaired) electrons. The Labute approximate surface area is 126 Å². The summed E-state index contributed by atoms with van der Waals surface area (Å²) in [6.07, 6.45) is 0. The average molecular weight is 304 g/mol. The van der Waals surface area contributed by atoms with Crippen molar-refractivity contribution in [1.29, 1.82) is 0 Å². The third-order valence-electron chi connectivity index (χ3n) is 2.72. The molecule has 7 heteroatoms. The lowest BCUT2D eigenvalue weighted by Gasteiger charge is -2.12. The molecule has 2 amide bonds. The van der Waals surface area contributed by atoms with E-state index in [0.29, 0.717) is 16.3 Å². The number of nitrogens with two attached hydrogens (primary N) is 1. The fourth-order valence-electron chi connectivity index (χ4n) is 1.53. The first-order chi connectivity index (χ1) is 9.77. The van der Waals surface area contributed by atoms with E-state index in [0.717, 1.165) is 5.01 Å². The highest BCUT2D eigenvalue weighted by atomic mass is 32.1. The van der Waals surface area contributed by atoms with Crippen LogP contribution in [0.2, 0.25) is 0 Å². The Kier molecular flexibility index (Phi) is 4.04. The maximum atomic E-state index is 12.1. The Morgan fingerprint density at radius 1 is 1.10 bits per heavy atom. The molecule has 0 saturated heterocycles. The van der Waals surface area contributed by atoms with Gasteiger partial charge >= 0.3 is 0 Å². The van der Waals surface area contributed by atoms with Gasteiger partial charge < -0.3 is 5.73 Å². The Bertz CT molecular complexity index is 671. The Morgan fingerprint density at radius 2 is 1.67 bits per heavy atom. The van der Waals surface area contributed by atoms with Gasteiger partial charge in [-0.2, -0.15) is 0 Å². The van der Waals surface area contributed by atoms with Crippen LogP contribution in [0.5, 0.6) is 0 Å². The van der Waals surface area contributed by atoms with Crippen LogP contribution in [0, 0.1) is 0 Å². The number of aromatic nitrogens is 2. The lowest BCUT2D eigenvalue weighted by Crippen LogP contribution is -2.14. The fourth-order valence-corrected chi connectivity index (χ4v) is 2.33. The predicted molar refractivity (Wildman–Crippen MR) is 81.5 cm³/mol. The van der Waals surface area contributed by atoms with Gasteiger partial charge in [0, 0.05) is 16.5 Å². The molecule has 0 fully saturated rings. The molecule has 1 aromatic carbocycles. The third-order valence-corrected chi connectivity index (χ3v) is 3.98. The minimum Gasteiger partial charge on any atom is -0.366 e. The highest BCUT2D eigenvalue weighted by Crippen LogP contribution is 2.27. The molecule has 0 spiro atoms. The number of nitrogens with one attached hydrogen (secondary N) is 1. The first-order valence-corrected chi connectivity index (χ1v) is 7.14. The van der Waals surface area contributed by atoms with Gasteiger partial charge in [0.05, 0.1) is 0 Å². The van der Waals surface area contributed by atoms with E-state index in [1.54, 1.807) is 12.1 Å². The summed E-state index contributed by atoms with van der Waals surface area (Å²) in [5.74, 6) is -0.830. The number of hydrogen-bond acceptors (Lipinski definition) is 5. The van der Waals surface area contributed by atoms with Crippen molar-refractivity contribution in [1.82, 2.24) is 10.2 Å². The van der Waals surface area contributed by atoms with Gasteiger partial charge in [-0.05, 0) is 24.3 Å². The number of anilines is 1.